The van der Waals surface area contributed by atoms with Crippen LogP contribution in [-0.2, 0) is 4.74 Å². The predicted molar refractivity (Wildman–Crippen MR) is 70.6 cm³/mol. The van der Waals surface area contributed by atoms with Gasteiger partial charge in [-0.3, -0.25) is 4.90 Å². The first-order chi connectivity index (χ1) is 8.81. The maximum atomic E-state index is 6.20. The summed E-state index contributed by atoms with van der Waals surface area (Å²) in [6, 6.07) is 10.1. The van der Waals surface area contributed by atoms with Crippen molar-refractivity contribution in [3.8, 4) is 5.75 Å². The molecule has 2 atom stereocenters. The Hall–Kier alpha value is -1.06. The van der Waals surface area contributed by atoms with Gasteiger partial charge in [-0.05, 0) is 44.9 Å². The van der Waals surface area contributed by atoms with Crippen molar-refractivity contribution in [2.75, 3.05) is 20.2 Å². The number of ether oxygens (including phenoxy) is 2. The molecule has 2 fully saturated rings. The van der Waals surface area contributed by atoms with Crippen LogP contribution in [0.5, 0.6) is 5.75 Å². The molecule has 0 N–H and O–H groups in total. The normalized spacial score (nSPS) is 32.8. The molecule has 0 aromatic heterocycles. The van der Waals surface area contributed by atoms with Gasteiger partial charge in [0.15, 0.2) is 5.72 Å². The fraction of sp³-hybridized carbons (Fsp3) is 0.600. The van der Waals surface area contributed by atoms with Crippen LogP contribution < -0.4 is 4.74 Å². The molecule has 3 nitrogen and oxygen atoms in total. The van der Waals surface area contributed by atoms with Crippen LogP contribution in [0.4, 0.5) is 0 Å². The smallest absolute Gasteiger partial charge is 0.158 e. The lowest BCUT2D eigenvalue weighted by Crippen LogP contribution is -2.56. The summed E-state index contributed by atoms with van der Waals surface area (Å²) in [4.78, 5) is 2.33. The minimum Gasteiger partial charge on any atom is -0.486 e. The zero-order chi connectivity index (χ0) is 12.4. The lowest BCUT2D eigenvalue weighted by atomic mass is 9.88. The van der Waals surface area contributed by atoms with Crippen molar-refractivity contribution in [3.63, 3.8) is 0 Å². The largest absolute Gasteiger partial charge is 0.486 e. The van der Waals surface area contributed by atoms with Gasteiger partial charge in [-0.25, -0.2) is 0 Å². The Labute approximate surface area is 109 Å². The molecule has 1 saturated heterocycles. The summed E-state index contributed by atoms with van der Waals surface area (Å²) in [5, 5.41) is 0. The molecule has 18 heavy (non-hydrogen) atoms. The van der Waals surface area contributed by atoms with E-state index in [0.717, 1.165) is 31.7 Å². The second-order valence-corrected chi connectivity index (χ2v) is 5.28. The lowest BCUT2D eigenvalue weighted by molar-refractivity contribution is -0.162. The SMILES string of the molecule is CN1CCO[C@]12CCCC[C@@H]2Oc1ccccc1. The van der Waals surface area contributed by atoms with Gasteiger partial charge < -0.3 is 9.47 Å². The number of rotatable bonds is 2. The van der Waals surface area contributed by atoms with Gasteiger partial charge in [0.05, 0.1) is 6.61 Å². The molecule has 1 heterocycles. The molecular formula is C15H21NO2. The van der Waals surface area contributed by atoms with E-state index in [1.165, 1.54) is 12.8 Å². The highest BCUT2D eigenvalue weighted by Crippen LogP contribution is 2.39. The third-order valence-electron chi connectivity index (χ3n) is 4.20. The van der Waals surface area contributed by atoms with Gasteiger partial charge in [0.2, 0.25) is 0 Å². The number of hydrogen-bond acceptors (Lipinski definition) is 3. The highest BCUT2D eigenvalue weighted by Gasteiger charge is 2.49. The van der Waals surface area contributed by atoms with Gasteiger partial charge in [-0.1, -0.05) is 18.2 Å². The quantitative estimate of drug-likeness (QED) is 0.802. The monoisotopic (exact) mass is 247 g/mol. The van der Waals surface area contributed by atoms with Gasteiger partial charge in [0, 0.05) is 6.54 Å². The van der Waals surface area contributed by atoms with E-state index in [9.17, 15) is 0 Å². The van der Waals surface area contributed by atoms with E-state index in [0.29, 0.717) is 0 Å². The number of likely N-dealkylation sites (N-methyl/N-ethyl adjacent to an activating group) is 1. The topological polar surface area (TPSA) is 21.7 Å². The van der Waals surface area contributed by atoms with Crippen LogP contribution in [0, 0.1) is 0 Å². The summed E-state index contributed by atoms with van der Waals surface area (Å²) in [6.45, 7) is 1.83. The minimum absolute atomic E-state index is 0.154. The fourth-order valence-corrected chi connectivity index (χ4v) is 3.17. The van der Waals surface area contributed by atoms with Crippen LogP contribution in [0.1, 0.15) is 25.7 Å². The first-order valence-corrected chi connectivity index (χ1v) is 6.88. The van der Waals surface area contributed by atoms with Crippen LogP contribution in [0.15, 0.2) is 30.3 Å². The second kappa shape index (κ2) is 4.90. The molecule has 98 valence electrons. The van der Waals surface area contributed by atoms with E-state index in [2.05, 4.69) is 11.9 Å². The molecule has 2 aliphatic rings. The Morgan fingerprint density at radius 2 is 2.11 bits per heavy atom. The Kier molecular flexibility index (Phi) is 3.27. The van der Waals surface area contributed by atoms with Gasteiger partial charge in [0.1, 0.15) is 11.9 Å². The number of para-hydroxylation sites is 1. The first kappa shape index (κ1) is 12.0. The molecule has 0 amide bonds. The fourth-order valence-electron chi connectivity index (χ4n) is 3.17. The average Bonchev–Trinajstić information content (AvgIpc) is 2.76. The van der Waals surface area contributed by atoms with Gasteiger partial charge in [-0.15, -0.1) is 0 Å². The zero-order valence-electron chi connectivity index (χ0n) is 11.0. The summed E-state index contributed by atoms with van der Waals surface area (Å²) in [5.41, 5.74) is -0.186. The summed E-state index contributed by atoms with van der Waals surface area (Å²) >= 11 is 0. The second-order valence-electron chi connectivity index (χ2n) is 5.28. The van der Waals surface area contributed by atoms with Crippen molar-refractivity contribution >= 4 is 0 Å². The highest BCUT2D eigenvalue weighted by molar-refractivity contribution is 5.22. The molecule has 3 heteroatoms. The molecule has 1 spiro atoms. The number of benzene rings is 1. The summed E-state index contributed by atoms with van der Waals surface area (Å²) < 4.78 is 12.3. The zero-order valence-corrected chi connectivity index (χ0v) is 11.0. The van der Waals surface area contributed by atoms with Crippen LogP contribution in [-0.4, -0.2) is 36.9 Å². The van der Waals surface area contributed by atoms with Crippen molar-refractivity contribution in [1.82, 2.24) is 4.90 Å². The molecular weight excluding hydrogens is 226 g/mol. The van der Waals surface area contributed by atoms with E-state index in [4.69, 9.17) is 9.47 Å². The minimum atomic E-state index is -0.186. The molecule has 0 unspecified atom stereocenters. The van der Waals surface area contributed by atoms with Crippen molar-refractivity contribution in [3.05, 3.63) is 30.3 Å². The van der Waals surface area contributed by atoms with Gasteiger partial charge >= 0.3 is 0 Å². The Bertz CT molecular complexity index is 395. The summed E-state index contributed by atoms with van der Waals surface area (Å²) in [5.74, 6) is 0.952. The van der Waals surface area contributed by atoms with E-state index in [1.807, 2.05) is 30.3 Å². The van der Waals surface area contributed by atoms with Crippen molar-refractivity contribution in [2.45, 2.75) is 37.5 Å². The van der Waals surface area contributed by atoms with Crippen molar-refractivity contribution in [1.29, 1.82) is 0 Å². The van der Waals surface area contributed by atoms with E-state index in [-0.39, 0.29) is 11.8 Å². The third-order valence-corrected chi connectivity index (χ3v) is 4.20. The maximum Gasteiger partial charge on any atom is 0.158 e. The number of hydrogen-bond donors (Lipinski definition) is 0. The predicted octanol–water partition coefficient (Wildman–Crippen LogP) is 2.67. The van der Waals surface area contributed by atoms with Crippen LogP contribution in [0.25, 0.3) is 0 Å². The van der Waals surface area contributed by atoms with E-state index >= 15 is 0 Å². The Balaban J connectivity index is 1.80. The highest BCUT2D eigenvalue weighted by atomic mass is 16.6. The molecule has 1 aliphatic carbocycles. The van der Waals surface area contributed by atoms with Crippen LogP contribution in [0.3, 0.4) is 0 Å². The molecule has 1 aliphatic heterocycles. The standard InChI is InChI=1S/C15H21NO2/c1-16-11-12-17-15(16)10-6-5-9-14(15)18-13-7-3-2-4-8-13/h2-4,7-8,14H,5-6,9-12H2,1H3/t14-,15-/m0/s1. The maximum absolute atomic E-state index is 6.20. The Morgan fingerprint density at radius 3 is 2.83 bits per heavy atom. The van der Waals surface area contributed by atoms with Crippen LogP contribution in [0.2, 0.25) is 0 Å². The summed E-state index contributed by atoms with van der Waals surface area (Å²) in [7, 11) is 2.15. The van der Waals surface area contributed by atoms with Gasteiger partial charge in [-0.2, -0.15) is 0 Å². The average molecular weight is 247 g/mol. The van der Waals surface area contributed by atoms with Crippen LogP contribution >= 0.6 is 0 Å². The van der Waals surface area contributed by atoms with Gasteiger partial charge in [0.25, 0.3) is 0 Å². The van der Waals surface area contributed by atoms with Crippen molar-refractivity contribution < 1.29 is 9.47 Å². The van der Waals surface area contributed by atoms with Crippen molar-refractivity contribution in [2.24, 2.45) is 0 Å². The van der Waals surface area contributed by atoms with E-state index in [1.54, 1.807) is 0 Å². The third kappa shape index (κ3) is 2.02. The first-order valence-electron chi connectivity index (χ1n) is 6.88. The molecule has 3 rings (SSSR count). The Morgan fingerprint density at radius 1 is 1.28 bits per heavy atom. The number of nitrogens with zero attached hydrogens (tertiary/aromatic N) is 1. The lowest BCUT2D eigenvalue weighted by Gasteiger charge is -2.44. The molecule has 1 aromatic carbocycles. The molecule has 1 aromatic rings. The molecule has 1 saturated carbocycles. The molecule has 0 radical (unpaired) electrons. The molecule has 0 bridgehead atoms. The summed E-state index contributed by atoms with van der Waals surface area (Å²) in [6.07, 6.45) is 4.79. The van der Waals surface area contributed by atoms with E-state index < -0.39 is 0 Å².